The molecule has 0 spiro atoms. The van der Waals surface area contributed by atoms with E-state index >= 15 is 0 Å². The average molecular weight is 358 g/mol. The number of nitrogens with two attached hydrogens (primary N) is 1. The molecule has 1 aromatic rings. The zero-order valence-electron chi connectivity index (χ0n) is 11.1. The van der Waals surface area contributed by atoms with Gasteiger partial charge in [-0.25, -0.2) is 5.14 Å². The molecular weight excluding hydrogens is 342 g/mol. The Morgan fingerprint density at radius 3 is 2.10 bits per heavy atom. The first-order chi connectivity index (χ1) is 9.45. The van der Waals surface area contributed by atoms with Crippen LogP contribution < -0.4 is 9.86 Å². The molecule has 0 aliphatic heterocycles. The lowest BCUT2D eigenvalue weighted by Crippen LogP contribution is -2.35. The van der Waals surface area contributed by atoms with Gasteiger partial charge in [0.1, 0.15) is 5.84 Å². The summed E-state index contributed by atoms with van der Waals surface area (Å²) >= 11 is 5.21. The lowest BCUT2D eigenvalue weighted by atomic mass is 10.2. The molecule has 0 amide bonds. The monoisotopic (exact) mass is 357 g/mol. The molecule has 8 nitrogen and oxygen atoms in total. The van der Waals surface area contributed by atoms with Crippen molar-refractivity contribution in [3.05, 3.63) is 29.8 Å². The second-order valence-corrected chi connectivity index (χ2v) is 6.95. The number of halogens is 1. The van der Waals surface area contributed by atoms with E-state index in [4.69, 9.17) is 21.6 Å². The van der Waals surface area contributed by atoms with E-state index in [9.17, 15) is 16.8 Å². The Balaban J connectivity index is 0.000000384. The molecule has 0 aromatic heterocycles. The Bertz CT molecular complexity index is 671. The Labute approximate surface area is 128 Å². The molecule has 0 saturated heterocycles. The number of amidine groups is 1. The number of hydrogen-bond donors (Lipinski definition) is 4. The van der Waals surface area contributed by atoms with Crippen LogP contribution in [0.3, 0.4) is 0 Å². The fraction of sp³-hybridized carbons (Fsp3) is 0.300. The van der Waals surface area contributed by atoms with Crippen molar-refractivity contribution in [2.45, 2.75) is 18.2 Å². The Morgan fingerprint density at radius 2 is 1.76 bits per heavy atom. The third-order valence-electron chi connectivity index (χ3n) is 1.93. The SMILES string of the molecule is Cc1ccc(S(=O)(=O)O)cc1.N=C(CCCl)NS(N)(=O)=O. The molecule has 0 radical (unpaired) electrons. The van der Waals surface area contributed by atoms with E-state index in [1.54, 1.807) is 16.9 Å². The molecule has 5 N–H and O–H groups in total. The van der Waals surface area contributed by atoms with Crippen molar-refractivity contribution in [1.29, 1.82) is 5.41 Å². The summed E-state index contributed by atoms with van der Waals surface area (Å²) in [6, 6.07) is 5.99. The minimum absolute atomic E-state index is 0.0666. The van der Waals surface area contributed by atoms with Gasteiger partial charge in [0.05, 0.1) is 4.90 Å². The van der Waals surface area contributed by atoms with Gasteiger partial charge in [-0.2, -0.15) is 16.8 Å². The molecule has 0 aliphatic carbocycles. The second kappa shape index (κ2) is 8.29. The molecule has 1 rings (SSSR count). The summed E-state index contributed by atoms with van der Waals surface area (Å²) in [5, 5.41) is 11.4. The molecule has 0 saturated carbocycles. The van der Waals surface area contributed by atoms with Crippen LogP contribution in [0, 0.1) is 12.3 Å². The van der Waals surface area contributed by atoms with Gasteiger partial charge >= 0.3 is 0 Å². The van der Waals surface area contributed by atoms with E-state index in [1.807, 2.05) is 6.92 Å². The summed E-state index contributed by atoms with van der Waals surface area (Å²) in [5.41, 5.74) is 0.956. The standard InChI is InChI=1S/C7H8O3S.C3H8ClN3O2S/c1-6-2-4-7(5-3-6)11(8,9)10;4-2-1-3(5)7-10(6,8)9/h2-5H,1H3,(H,8,9,10);1-2H2,(H2,5,7)(H2,6,8,9). The summed E-state index contributed by atoms with van der Waals surface area (Å²) < 4.78 is 51.7. The van der Waals surface area contributed by atoms with Crippen LogP contribution in [0.5, 0.6) is 0 Å². The molecule has 0 heterocycles. The van der Waals surface area contributed by atoms with E-state index in [-0.39, 0.29) is 23.0 Å². The quantitative estimate of drug-likeness (QED) is 0.269. The van der Waals surface area contributed by atoms with E-state index in [0.717, 1.165) is 5.56 Å². The third kappa shape index (κ3) is 10.2. The highest BCUT2D eigenvalue weighted by molar-refractivity contribution is 7.87. The molecule has 11 heteroatoms. The van der Waals surface area contributed by atoms with Crippen LogP contribution in [0.1, 0.15) is 12.0 Å². The van der Waals surface area contributed by atoms with E-state index < -0.39 is 20.3 Å². The van der Waals surface area contributed by atoms with Gasteiger partial charge < -0.3 is 0 Å². The maximum absolute atomic E-state index is 10.5. The number of rotatable bonds is 4. The Kier molecular flexibility index (Phi) is 7.82. The number of alkyl halides is 1. The summed E-state index contributed by atoms with van der Waals surface area (Å²) in [7, 11) is -7.80. The number of benzene rings is 1. The topological polar surface area (TPSA) is 150 Å². The highest BCUT2D eigenvalue weighted by Gasteiger charge is 2.06. The van der Waals surface area contributed by atoms with Gasteiger partial charge in [0.15, 0.2) is 0 Å². The first kappa shape index (κ1) is 19.8. The molecule has 21 heavy (non-hydrogen) atoms. The van der Waals surface area contributed by atoms with Crippen molar-refractivity contribution in [2.24, 2.45) is 5.14 Å². The molecule has 0 bridgehead atoms. The molecule has 0 aliphatic rings. The zero-order valence-corrected chi connectivity index (χ0v) is 13.5. The van der Waals surface area contributed by atoms with Crippen LogP contribution in [0.15, 0.2) is 29.2 Å². The summed E-state index contributed by atoms with van der Waals surface area (Å²) in [6.07, 6.45) is 0.165. The van der Waals surface area contributed by atoms with Crippen molar-refractivity contribution in [1.82, 2.24) is 4.72 Å². The molecular formula is C10H16ClN3O5S2. The summed E-state index contributed by atoms with van der Waals surface area (Å²) in [4.78, 5) is -0.0666. The largest absolute Gasteiger partial charge is 0.297 e. The maximum atomic E-state index is 10.5. The molecule has 0 unspecified atom stereocenters. The van der Waals surface area contributed by atoms with Crippen LogP contribution in [-0.2, 0) is 20.3 Å². The first-order valence-electron chi connectivity index (χ1n) is 5.44. The van der Waals surface area contributed by atoms with Gasteiger partial charge in [-0.3, -0.25) is 14.7 Å². The van der Waals surface area contributed by atoms with Crippen molar-refractivity contribution < 1.29 is 21.4 Å². The van der Waals surface area contributed by atoms with Crippen molar-refractivity contribution in [3.63, 3.8) is 0 Å². The lowest BCUT2D eigenvalue weighted by Gasteiger charge is -2.01. The molecule has 120 valence electrons. The average Bonchev–Trinajstić information content (AvgIpc) is 2.26. The van der Waals surface area contributed by atoms with Gasteiger partial charge in [-0.1, -0.05) is 17.7 Å². The minimum atomic E-state index is -4.02. The van der Waals surface area contributed by atoms with Gasteiger partial charge in [-0.15, -0.1) is 11.6 Å². The fourth-order valence-electron chi connectivity index (χ4n) is 1.03. The lowest BCUT2D eigenvalue weighted by molar-refractivity contribution is 0.483. The van der Waals surface area contributed by atoms with Gasteiger partial charge in [0.25, 0.3) is 20.3 Å². The minimum Gasteiger partial charge on any atom is -0.288 e. The van der Waals surface area contributed by atoms with Crippen molar-refractivity contribution in [3.8, 4) is 0 Å². The first-order valence-corrected chi connectivity index (χ1v) is 8.96. The highest BCUT2D eigenvalue weighted by Crippen LogP contribution is 2.08. The summed E-state index contributed by atoms with van der Waals surface area (Å²) in [6.45, 7) is 1.84. The number of aryl methyl sites for hydroxylation is 1. The van der Waals surface area contributed by atoms with Crippen LogP contribution in [-0.4, -0.2) is 33.1 Å². The number of nitrogens with one attached hydrogen (secondary N) is 2. The Hall–Kier alpha value is -1.20. The van der Waals surface area contributed by atoms with Crippen LogP contribution in [0.4, 0.5) is 0 Å². The molecule has 0 fully saturated rings. The van der Waals surface area contributed by atoms with Gasteiger partial charge in [-0.05, 0) is 19.1 Å². The summed E-state index contributed by atoms with van der Waals surface area (Å²) in [5.74, 6) is -0.000972. The predicted molar refractivity (Wildman–Crippen MR) is 80.3 cm³/mol. The normalized spacial score (nSPS) is 11.2. The highest BCUT2D eigenvalue weighted by atomic mass is 35.5. The van der Waals surface area contributed by atoms with Crippen molar-refractivity contribution >= 4 is 37.8 Å². The smallest absolute Gasteiger partial charge is 0.288 e. The molecule has 1 aromatic carbocycles. The fourth-order valence-corrected chi connectivity index (χ4v) is 2.14. The van der Waals surface area contributed by atoms with Gasteiger partial charge in [0, 0.05) is 12.3 Å². The maximum Gasteiger partial charge on any atom is 0.297 e. The number of hydrogen-bond acceptors (Lipinski definition) is 5. The van der Waals surface area contributed by atoms with E-state index in [2.05, 4.69) is 5.14 Å². The van der Waals surface area contributed by atoms with Crippen LogP contribution in [0.25, 0.3) is 0 Å². The zero-order chi connectivity index (χ0) is 16.7. The van der Waals surface area contributed by atoms with E-state index in [1.165, 1.54) is 12.1 Å². The van der Waals surface area contributed by atoms with E-state index in [0.29, 0.717) is 0 Å². The van der Waals surface area contributed by atoms with Gasteiger partial charge in [0.2, 0.25) is 0 Å². The Morgan fingerprint density at radius 1 is 1.29 bits per heavy atom. The van der Waals surface area contributed by atoms with Crippen molar-refractivity contribution in [2.75, 3.05) is 5.88 Å². The predicted octanol–water partition coefficient (Wildman–Crippen LogP) is 0.627. The second-order valence-electron chi connectivity index (χ2n) is 3.85. The molecule has 0 atom stereocenters. The van der Waals surface area contributed by atoms with Crippen LogP contribution in [0.2, 0.25) is 0 Å². The van der Waals surface area contributed by atoms with Crippen LogP contribution >= 0.6 is 11.6 Å². The third-order valence-corrected chi connectivity index (χ3v) is 3.52.